The number of rotatable bonds is 5. The fraction of sp³-hybridized carbons (Fsp3) is 0.462. The Morgan fingerprint density at radius 2 is 1.72 bits per heavy atom. The molecule has 1 aromatic rings. The number of primary amides is 1. The number of benzene rings is 1. The normalized spacial score (nSPS) is 13.6. The molecular formula is C13H19NO4. The molecule has 5 heteroatoms. The molecule has 0 heterocycles. The second-order valence-electron chi connectivity index (χ2n) is 4.11. The maximum atomic E-state index is 11.0. The van der Waals surface area contributed by atoms with Crippen molar-refractivity contribution >= 4 is 6.09 Å². The minimum atomic E-state index is -0.805. The van der Waals surface area contributed by atoms with Gasteiger partial charge in [-0.2, -0.15) is 0 Å². The molecule has 1 rings (SSSR count). The predicted octanol–water partition coefficient (Wildman–Crippen LogP) is 2.42. The number of carbonyl (C=O) groups is 1. The van der Waals surface area contributed by atoms with E-state index in [0.29, 0.717) is 17.9 Å². The molecule has 1 atom stereocenters. The number of hydrogen-bond acceptors (Lipinski definition) is 4. The maximum Gasteiger partial charge on any atom is 0.405 e. The van der Waals surface area contributed by atoms with Gasteiger partial charge in [0, 0.05) is 11.6 Å². The molecule has 0 spiro atoms. The molecule has 0 bridgehead atoms. The standard InChI is InChI=1S/C13H19NO4/c1-5-13(2,18-12(14)15)9-6-10(16-3)8-11(7-9)17-4/h6-8H,5H2,1-4H3,(H2,14,15). The zero-order valence-corrected chi connectivity index (χ0v) is 11.1. The molecule has 0 aliphatic heterocycles. The van der Waals surface area contributed by atoms with Crippen LogP contribution in [0.5, 0.6) is 11.5 Å². The highest BCUT2D eigenvalue weighted by molar-refractivity contribution is 5.65. The van der Waals surface area contributed by atoms with Crippen molar-refractivity contribution in [1.82, 2.24) is 0 Å². The summed E-state index contributed by atoms with van der Waals surface area (Å²) in [6, 6.07) is 5.35. The molecular weight excluding hydrogens is 234 g/mol. The van der Waals surface area contributed by atoms with E-state index in [1.54, 1.807) is 39.3 Å². The SMILES string of the molecule is CCC(C)(OC(N)=O)c1cc(OC)cc(OC)c1. The molecule has 0 aliphatic rings. The van der Waals surface area contributed by atoms with Crippen LogP contribution in [0.15, 0.2) is 18.2 Å². The average molecular weight is 253 g/mol. The van der Waals surface area contributed by atoms with Crippen LogP contribution in [0.3, 0.4) is 0 Å². The van der Waals surface area contributed by atoms with Crippen LogP contribution < -0.4 is 15.2 Å². The first-order chi connectivity index (χ1) is 8.45. The van der Waals surface area contributed by atoms with E-state index >= 15 is 0 Å². The first-order valence-electron chi connectivity index (χ1n) is 5.67. The van der Waals surface area contributed by atoms with Crippen LogP contribution in [0, 0.1) is 0 Å². The van der Waals surface area contributed by atoms with Crippen LogP contribution in [-0.4, -0.2) is 20.3 Å². The van der Waals surface area contributed by atoms with Gasteiger partial charge in [-0.05, 0) is 25.5 Å². The summed E-state index contributed by atoms with van der Waals surface area (Å²) in [6.07, 6.45) is -0.215. The summed E-state index contributed by atoms with van der Waals surface area (Å²) in [5.41, 5.74) is 5.09. The van der Waals surface area contributed by atoms with Crippen LogP contribution in [0.25, 0.3) is 0 Å². The monoisotopic (exact) mass is 253 g/mol. The lowest BCUT2D eigenvalue weighted by Crippen LogP contribution is -2.31. The molecule has 1 amide bonds. The van der Waals surface area contributed by atoms with Gasteiger partial charge in [-0.25, -0.2) is 4.79 Å². The fourth-order valence-electron chi connectivity index (χ4n) is 1.67. The van der Waals surface area contributed by atoms with Gasteiger partial charge in [0.05, 0.1) is 14.2 Å². The lowest BCUT2D eigenvalue weighted by Gasteiger charge is -2.28. The Morgan fingerprint density at radius 1 is 1.22 bits per heavy atom. The van der Waals surface area contributed by atoms with E-state index < -0.39 is 11.7 Å². The van der Waals surface area contributed by atoms with Crippen LogP contribution in [0.4, 0.5) is 4.79 Å². The van der Waals surface area contributed by atoms with Crippen LogP contribution in [0.2, 0.25) is 0 Å². The summed E-state index contributed by atoms with van der Waals surface area (Å²) in [5.74, 6) is 1.27. The molecule has 1 aromatic carbocycles. The van der Waals surface area contributed by atoms with Crippen LogP contribution in [-0.2, 0) is 10.3 Å². The highest BCUT2D eigenvalue weighted by Gasteiger charge is 2.29. The third kappa shape index (κ3) is 3.06. The average Bonchev–Trinajstić information content (AvgIpc) is 2.37. The number of nitrogens with two attached hydrogens (primary N) is 1. The van der Waals surface area contributed by atoms with Gasteiger partial charge >= 0.3 is 6.09 Å². The molecule has 0 aliphatic carbocycles. The van der Waals surface area contributed by atoms with E-state index in [9.17, 15) is 4.79 Å². The van der Waals surface area contributed by atoms with Crippen molar-refractivity contribution in [3.05, 3.63) is 23.8 Å². The lowest BCUT2D eigenvalue weighted by molar-refractivity contribution is 0.0246. The third-order valence-electron chi connectivity index (χ3n) is 2.96. The molecule has 5 nitrogen and oxygen atoms in total. The van der Waals surface area contributed by atoms with Gasteiger partial charge < -0.3 is 19.9 Å². The molecule has 18 heavy (non-hydrogen) atoms. The molecule has 2 N–H and O–H groups in total. The van der Waals surface area contributed by atoms with E-state index in [1.165, 1.54) is 0 Å². The minimum Gasteiger partial charge on any atom is -0.497 e. The van der Waals surface area contributed by atoms with E-state index in [-0.39, 0.29) is 0 Å². The van der Waals surface area contributed by atoms with Crippen molar-refractivity contribution in [2.45, 2.75) is 25.9 Å². The second-order valence-corrected chi connectivity index (χ2v) is 4.11. The summed E-state index contributed by atoms with van der Waals surface area (Å²) in [5, 5.41) is 0. The molecule has 0 fully saturated rings. The smallest absolute Gasteiger partial charge is 0.405 e. The highest BCUT2D eigenvalue weighted by Crippen LogP contribution is 2.34. The molecule has 1 unspecified atom stereocenters. The first kappa shape index (κ1) is 14.2. The lowest BCUT2D eigenvalue weighted by atomic mass is 9.92. The maximum absolute atomic E-state index is 11.0. The summed E-state index contributed by atoms with van der Waals surface area (Å²) in [7, 11) is 3.13. The Kier molecular flexibility index (Phi) is 4.42. The number of carbonyl (C=O) groups excluding carboxylic acids is 1. The summed E-state index contributed by atoms with van der Waals surface area (Å²) >= 11 is 0. The predicted molar refractivity (Wildman–Crippen MR) is 67.9 cm³/mol. The van der Waals surface area contributed by atoms with Crippen molar-refractivity contribution in [2.24, 2.45) is 5.73 Å². The molecule has 0 saturated carbocycles. The largest absolute Gasteiger partial charge is 0.497 e. The molecule has 0 radical (unpaired) electrons. The Bertz CT molecular complexity index is 411. The zero-order valence-electron chi connectivity index (χ0n) is 11.1. The van der Waals surface area contributed by atoms with Crippen molar-refractivity contribution < 1.29 is 19.0 Å². The van der Waals surface area contributed by atoms with Gasteiger partial charge in [0.25, 0.3) is 0 Å². The molecule has 0 saturated heterocycles. The van der Waals surface area contributed by atoms with Crippen molar-refractivity contribution in [1.29, 1.82) is 0 Å². The molecule has 100 valence electrons. The van der Waals surface area contributed by atoms with E-state index in [4.69, 9.17) is 19.9 Å². The van der Waals surface area contributed by atoms with Crippen molar-refractivity contribution in [3.8, 4) is 11.5 Å². The topological polar surface area (TPSA) is 70.8 Å². The summed E-state index contributed by atoms with van der Waals surface area (Å²) in [6.45, 7) is 3.71. The van der Waals surface area contributed by atoms with Gasteiger partial charge in [-0.1, -0.05) is 6.92 Å². The van der Waals surface area contributed by atoms with Gasteiger partial charge in [0.2, 0.25) is 0 Å². The van der Waals surface area contributed by atoms with E-state index in [1.807, 2.05) is 6.92 Å². The van der Waals surface area contributed by atoms with Crippen LogP contribution >= 0.6 is 0 Å². The van der Waals surface area contributed by atoms with Gasteiger partial charge in [0.15, 0.2) is 0 Å². The Morgan fingerprint density at radius 3 is 2.06 bits per heavy atom. The van der Waals surface area contributed by atoms with Crippen molar-refractivity contribution in [2.75, 3.05) is 14.2 Å². The summed E-state index contributed by atoms with van der Waals surface area (Å²) < 4.78 is 15.6. The Labute approximate surface area is 107 Å². The van der Waals surface area contributed by atoms with Crippen LogP contribution in [0.1, 0.15) is 25.8 Å². The zero-order chi connectivity index (χ0) is 13.8. The number of amides is 1. The Balaban J connectivity index is 3.23. The first-order valence-corrected chi connectivity index (χ1v) is 5.67. The highest BCUT2D eigenvalue weighted by atomic mass is 16.6. The van der Waals surface area contributed by atoms with E-state index in [2.05, 4.69) is 0 Å². The van der Waals surface area contributed by atoms with Gasteiger partial charge in [-0.3, -0.25) is 0 Å². The van der Waals surface area contributed by atoms with Gasteiger partial charge in [0.1, 0.15) is 17.1 Å². The second kappa shape index (κ2) is 5.62. The Hall–Kier alpha value is -1.91. The minimum absolute atomic E-state index is 0.590. The third-order valence-corrected chi connectivity index (χ3v) is 2.96. The summed E-state index contributed by atoms with van der Waals surface area (Å²) in [4.78, 5) is 11.0. The molecule has 0 aromatic heterocycles. The number of ether oxygens (including phenoxy) is 3. The number of methoxy groups -OCH3 is 2. The van der Waals surface area contributed by atoms with Crippen molar-refractivity contribution in [3.63, 3.8) is 0 Å². The fourth-order valence-corrected chi connectivity index (χ4v) is 1.67. The van der Waals surface area contributed by atoms with E-state index in [0.717, 1.165) is 5.56 Å². The van der Waals surface area contributed by atoms with Gasteiger partial charge in [-0.15, -0.1) is 0 Å². The number of hydrogen-bond donors (Lipinski definition) is 1. The quantitative estimate of drug-likeness (QED) is 0.874.